The molecule has 5 heteroatoms. The van der Waals surface area contributed by atoms with Crippen molar-refractivity contribution in [3.63, 3.8) is 0 Å². The number of nitrogens with one attached hydrogen (secondary N) is 3. The average Bonchev–Trinajstić information content (AvgIpc) is 4.03. The lowest BCUT2D eigenvalue weighted by molar-refractivity contribution is 0.156. The highest BCUT2D eigenvalue weighted by molar-refractivity contribution is 5.88. The van der Waals surface area contributed by atoms with Crippen LogP contribution < -0.4 is 10.1 Å². The van der Waals surface area contributed by atoms with E-state index in [1.54, 1.807) is 0 Å². The van der Waals surface area contributed by atoms with Crippen molar-refractivity contribution in [2.45, 2.75) is 51.2 Å². The highest BCUT2D eigenvalue weighted by Crippen LogP contribution is 2.44. The van der Waals surface area contributed by atoms with Crippen molar-refractivity contribution >= 4 is 43.4 Å². The summed E-state index contributed by atoms with van der Waals surface area (Å²) in [5, 5.41) is 11.7. The second-order valence-electron chi connectivity index (χ2n) is 16.0. The van der Waals surface area contributed by atoms with E-state index >= 15 is 0 Å². The van der Waals surface area contributed by atoms with Crippen LogP contribution in [0.4, 0.5) is 0 Å². The summed E-state index contributed by atoms with van der Waals surface area (Å²) in [6.45, 7) is 7.40. The maximum Gasteiger partial charge on any atom is 0.122 e. The number of aromatic nitrogens is 2. The van der Waals surface area contributed by atoms with E-state index in [1.165, 1.54) is 82.4 Å². The monoisotopic (exact) mass is 758 g/mol. The van der Waals surface area contributed by atoms with E-state index in [0.717, 1.165) is 44.7 Å². The van der Waals surface area contributed by atoms with E-state index in [2.05, 4.69) is 192 Å². The van der Waals surface area contributed by atoms with Gasteiger partial charge in [-0.25, -0.2) is 0 Å². The lowest BCUT2D eigenvalue weighted by atomic mass is 9.88. The molecule has 2 aliphatic rings. The molecule has 0 fully saturated rings. The molecule has 0 bridgehead atoms. The minimum atomic E-state index is 0.177. The Morgan fingerprint density at radius 3 is 2.12 bits per heavy atom. The normalized spacial score (nSPS) is 16.1. The van der Waals surface area contributed by atoms with Gasteiger partial charge in [0.15, 0.2) is 0 Å². The molecule has 2 aromatic heterocycles. The van der Waals surface area contributed by atoms with Crippen molar-refractivity contribution in [2.75, 3.05) is 19.7 Å². The quantitative estimate of drug-likeness (QED) is 0.145. The Hall–Kier alpha value is -6.14. The van der Waals surface area contributed by atoms with Crippen molar-refractivity contribution in [1.29, 1.82) is 0 Å². The number of fused-ring (bicyclic) bond motifs is 7. The summed E-state index contributed by atoms with van der Waals surface area (Å²) in [5.74, 6) is 1.05. The molecule has 0 amide bonds. The van der Waals surface area contributed by atoms with E-state index in [-0.39, 0.29) is 12.1 Å². The molecule has 0 radical (unpaired) electrons. The fourth-order valence-electron chi connectivity index (χ4n) is 9.70. The molecule has 4 heterocycles. The van der Waals surface area contributed by atoms with Crippen molar-refractivity contribution in [1.82, 2.24) is 20.2 Å². The van der Waals surface area contributed by atoms with Crippen LogP contribution in [-0.2, 0) is 19.3 Å². The van der Waals surface area contributed by atoms with Gasteiger partial charge in [0.25, 0.3) is 0 Å². The minimum Gasteiger partial charge on any atom is -0.493 e. The molecule has 3 N–H and O–H groups in total. The fraction of sp³-hybridized carbons (Fsp3) is 0.208. The summed E-state index contributed by atoms with van der Waals surface area (Å²) in [6.07, 6.45) is 5.21. The van der Waals surface area contributed by atoms with Crippen molar-refractivity contribution in [2.24, 2.45) is 0 Å². The van der Waals surface area contributed by atoms with Crippen LogP contribution in [-0.4, -0.2) is 34.6 Å². The first-order chi connectivity index (χ1) is 28.6. The molecule has 0 saturated heterocycles. The standard InChI is InChI=1S/C31H28N2O.C22H22N2/c1-20(24-11-6-8-21-7-2-3-9-25(21)24)33-17-15-27-26-10-4-5-12-28(26)32-30(27)31(33)23-13-14-29-22(19-23)16-18-34-29;1-16(19-11-6-8-17-7-2-3-9-20(17)19)23-14-13-18-15-24-22-12-5-4-10-21(18)22/h2-14,19-20,31-32H,15-18H2,1H3;2-12,15-16,23-24H,13-14H2,1H3/t20-,31?;/m1./s1. The van der Waals surface area contributed by atoms with Gasteiger partial charge in [0.2, 0.25) is 0 Å². The van der Waals surface area contributed by atoms with E-state index in [4.69, 9.17) is 4.74 Å². The molecule has 11 rings (SSSR count). The lowest BCUT2D eigenvalue weighted by Gasteiger charge is -2.41. The molecule has 288 valence electrons. The first-order valence-electron chi connectivity index (χ1n) is 21.0. The zero-order valence-electron chi connectivity index (χ0n) is 33.3. The Bertz CT molecular complexity index is 2870. The first kappa shape index (κ1) is 36.2. The van der Waals surface area contributed by atoms with Gasteiger partial charge in [-0.15, -0.1) is 0 Å². The first-order valence-corrected chi connectivity index (χ1v) is 21.0. The molecular weight excluding hydrogens is 709 g/mol. The molecule has 0 saturated carbocycles. The highest BCUT2D eigenvalue weighted by atomic mass is 16.5. The van der Waals surface area contributed by atoms with Gasteiger partial charge in [0.1, 0.15) is 5.75 Å². The number of ether oxygens (including phenoxy) is 1. The van der Waals surface area contributed by atoms with E-state index in [0.29, 0.717) is 6.04 Å². The zero-order valence-corrected chi connectivity index (χ0v) is 33.3. The molecule has 9 aromatic rings. The van der Waals surface area contributed by atoms with Crippen molar-refractivity contribution < 1.29 is 4.74 Å². The van der Waals surface area contributed by atoms with Gasteiger partial charge in [-0.05, 0) is 106 Å². The predicted octanol–water partition coefficient (Wildman–Crippen LogP) is 12.2. The number of benzene rings is 7. The predicted molar refractivity (Wildman–Crippen MR) is 241 cm³/mol. The summed E-state index contributed by atoms with van der Waals surface area (Å²) in [4.78, 5) is 9.88. The van der Waals surface area contributed by atoms with Gasteiger partial charge in [-0.1, -0.05) is 133 Å². The van der Waals surface area contributed by atoms with Crippen LogP contribution in [0.5, 0.6) is 5.75 Å². The van der Waals surface area contributed by atoms with Crippen molar-refractivity contribution in [3.8, 4) is 5.75 Å². The molecule has 0 spiro atoms. The number of nitrogens with zero attached hydrogens (tertiary/aromatic N) is 1. The number of hydrogen-bond donors (Lipinski definition) is 3. The summed E-state index contributed by atoms with van der Waals surface area (Å²) in [6, 6.07) is 55.5. The largest absolute Gasteiger partial charge is 0.493 e. The Morgan fingerprint density at radius 2 is 1.33 bits per heavy atom. The van der Waals surface area contributed by atoms with Crippen molar-refractivity contribution in [3.05, 3.63) is 197 Å². The van der Waals surface area contributed by atoms with Crippen LogP contribution in [0.25, 0.3) is 43.4 Å². The molecule has 0 aliphatic carbocycles. The van der Waals surface area contributed by atoms with Gasteiger partial charge < -0.3 is 20.0 Å². The van der Waals surface area contributed by atoms with Crippen LogP contribution in [0.3, 0.4) is 0 Å². The number of H-pyrrole nitrogens is 2. The second kappa shape index (κ2) is 15.7. The topological polar surface area (TPSA) is 56.1 Å². The van der Waals surface area contributed by atoms with E-state index in [1.807, 2.05) is 0 Å². The van der Waals surface area contributed by atoms with Crippen LogP contribution in [0.15, 0.2) is 158 Å². The van der Waals surface area contributed by atoms with Crippen LogP contribution in [0.2, 0.25) is 0 Å². The zero-order chi connectivity index (χ0) is 39.0. The highest BCUT2D eigenvalue weighted by Gasteiger charge is 2.35. The fourth-order valence-corrected chi connectivity index (χ4v) is 9.70. The van der Waals surface area contributed by atoms with E-state index in [9.17, 15) is 0 Å². The minimum absolute atomic E-state index is 0.177. The second-order valence-corrected chi connectivity index (χ2v) is 16.0. The SMILES string of the molecule is CC(NCCc1c[nH]c2ccccc12)c1cccc2ccccc12.C[C@H](c1cccc2ccccc12)N1CCc2c([nH]c3ccccc23)C1c1ccc2c(c1)CCO2. The van der Waals surface area contributed by atoms with Crippen LogP contribution in [0.1, 0.15) is 71.0 Å². The number of aromatic amines is 2. The third kappa shape index (κ3) is 6.74. The third-order valence-corrected chi connectivity index (χ3v) is 12.7. The Morgan fingerprint density at radius 1 is 0.672 bits per heavy atom. The maximum atomic E-state index is 5.83. The summed E-state index contributed by atoms with van der Waals surface area (Å²) in [7, 11) is 0. The molecule has 2 unspecified atom stereocenters. The van der Waals surface area contributed by atoms with Gasteiger partial charge in [-0.3, -0.25) is 4.90 Å². The maximum absolute atomic E-state index is 5.83. The summed E-state index contributed by atoms with van der Waals surface area (Å²) in [5.41, 5.74) is 12.1. The van der Waals surface area contributed by atoms with Gasteiger partial charge >= 0.3 is 0 Å². The smallest absolute Gasteiger partial charge is 0.122 e. The van der Waals surface area contributed by atoms with E-state index < -0.39 is 0 Å². The van der Waals surface area contributed by atoms with Gasteiger partial charge in [0.05, 0.1) is 12.6 Å². The Labute approximate surface area is 340 Å². The summed E-state index contributed by atoms with van der Waals surface area (Å²) >= 11 is 0. The number of rotatable bonds is 8. The molecule has 2 aliphatic heterocycles. The number of hydrogen-bond acceptors (Lipinski definition) is 3. The summed E-state index contributed by atoms with van der Waals surface area (Å²) < 4.78 is 5.83. The lowest BCUT2D eigenvalue weighted by Crippen LogP contribution is -2.38. The molecule has 5 nitrogen and oxygen atoms in total. The third-order valence-electron chi connectivity index (χ3n) is 12.7. The van der Waals surface area contributed by atoms with Crippen LogP contribution in [0, 0.1) is 0 Å². The average molecular weight is 759 g/mol. The molecule has 3 atom stereocenters. The molecule has 58 heavy (non-hydrogen) atoms. The molecule has 7 aromatic carbocycles. The number of para-hydroxylation sites is 2. The Balaban J connectivity index is 0.000000150. The van der Waals surface area contributed by atoms with Gasteiger partial charge in [-0.2, -0.15) is 0 Å². The van der Waals surface area contributed by atoms with Crippen LogP contribution >= 0.6 is 0 Å². The molecular formula is C53H50N4O. The Kier molecular flexibility index (Phi) is 9.78. The van der Waals surface area contributed by atoms with Gasteiger partial charge in [0, 0.05) is 58.7 Å².